The second-order valence-corrected chi connectivity index (χ2v) is 3.51. The molecule has 4 nitrogen and oxygen atoms in total. The van der Waals surface area contributed by atoms with Gasteiger partial charge < -0.3 is 14.8 Å². The lowest BCUT2D eigenvalue weighted by atomic mass is 10.1. The number of hydrogen-bond acceptors (Lipinski definition) is 4. The number of benzene rings is 1. The van der Waals surface area contributed by atoms with E-state index in [1.165, 1.54) is 7.11 Å². The molecular formula is C12H17NO3. The molecule has 0 saturated carbocycles. The van der Waals surface area contributed by atoms with Crippen LogP contribution in [0, 0.1) is 6.92 Å². The summed E-state index contributed by atoms with van der Waals surface area (Å²) in [6.07, 6.45) is 0. The number of hydrogen-bond donors (Lipinski definition) is 1. The molecule has 0 amide bonds. The third-order valence-electron chi connectivity index (χ3n) is 2.16. The molecule has 0 aromatic heterocycles. The minimum atomic E-state index is -0.379. The molecule has 4 heteroatoms. The number of methoxy groups -OCH3 is 1. The van der Waals surface area contributed by atoms with Crippen molar-refractivity contribution in [1.82, 2.24) is 5.32 Å². The first-order valence-electron chi connectivity index (χ1n) is 5.11. The Bertz CT molecular complexity index is 363. The maximum Gasteiger partial charge on any atom is 0.343 e. The van der Waals surface area contributed by atoms with Crippen molar-refractivity contribution in [3.63, 3.8) is 0 Å². The van der Waals surface area contributed by atoms with E-state index in [4.69, 9.17) is 4.74 Å². The first-order chi connectivity index (χ1) is 7.67. The average molecular weight is 223 g/mol. The van der Waals surface area contributed by atoms with Crippen molar-refractivity contribution in [2.75, 3.05) is 20.8 Å². The van der Waals surface area contributed by atoms with Crippen LogP contribution in [-0.2, 0) is 16.1 Å². The maximum atomic E-state index is 11.0. The normalized spacial score (nSPS) is 9.94. The molecule has 0 aliphatic heterocycles. The standard InChI is InChI=1S/C12H17NO3/c1-9-4-5-11(10(6-9)7-13-2)16-8-12(14)15-3/h4-6,13H,7-8H2,1-3H3. The summed E-state index contributed by atoms with van der Waals surface area (Å²) in [5.74, 6) is 0.335. The van der Waals surface area contributed by atoms with Gasteiger partial charge in [0, 0.05) is 12.1 Å². The lowest BCUT2D eigenvalue weighted by molar-refractivity contribution is -0.142. The molecule has 0 atom stereocenters. The number of rotatable bonds is 5. The summed E-state index contributed by atoms with van der Waals surface area (Å²) in [6.45, 7) is 2.66. The van der Waals surface area contributed by atoms with E-state index in [0.29, 0.717) is 12.3 Å². The van der Waals surface area contributed by atoms with E-state index in [2.05, 4.69) is 10.1 Å². The van der Waals surface area contributed by atoms with E-state index in [9.17, 15) is 4.79 Å². The summed E-state index contributed by atoms with van der Waals surface area (Å²) >= 11 is 0. The van der Waals surface area contributed by atoms with Crippen LogP contribution in [0.4, 0.5) is 0 Å². The topological polar surface area (TPSA) is 47.6 Å². The molecule has 1 rings (SSSR count). The molecule has 0 heterocycles. The van der Waals surface area contributed by atoms with Gasteiger partial charge >= 0.3 is 5.97 Å². The second-order valence-electron chi connectivity index (χ2n) is 3.51. The smallest absolute Gasteiger partial charge is 0.343 e. The maximum absolute atomic E-state index is 11.0. The number of aryl methyl sites for hydroxylation is 1. The van der Waals surface area contributed by atoms with Crippen LogP contribution in [0.25, 0.3) is 0 Å². The summed E-state index contributed by atoms with van der Waals surface area (Å²) in [5.41, 5.74) is 2.20. The van der Waals surface area contributed by atoms with Gasteiger partial charge in [-0.1, -0.05) is 17.7 Å². The highest BCUT2D eigenvalue weighted by atomic mass is 16.6. The highest BCUT2D eigenvalue weighted by Gasteiger charge is 2.06. The largest absolute Gasteiger partial charge is 0.482 e. The van der Waals surface area contributed by atoms with E-state index in [-0.39, 0.29) is 12.6 Å². The molecule has 1 aromatic rings. The predicted molar refractivity (Wildman–Crippen MR) is 61.5 cm³/mol. The molecule has 0 saturated heterocycles. The molecule has 0 fully saturated rings. The van der Waals surface area contributed by atoms with Crippen molar-refractivity contribution in [2.45, 2.75) is 13.5 Å². The van der Waals surface area contributed by atoms with Gasteiger partial charge in [-0.25, -0.2) is 4.79 Å². The van der Waals surface area contributed by atoms with Gasteiger partial charge in [-0.15, -0.1) is 0 Å². The van der Waals surface area contributed by atoms with Crippen molar-refractivity contribution in [3.8, 4) is 5.75 Å². The van der Waals surface area contributed by atoms with Crippen molar-refractivity contribution in [1.29, 1.82) is 0 Å². The van der Waals surface area contributed by atoms with Crippen molar-refractivity contribution in [3.05, 3.63) is 29.3 Å². The van der Waals surface area contributed by atoms with Crippen molar-refractivity contribution in [2.24, 2.45) is 0 Å². The minimum absolute atomic E-state index is 0.0593. The molecule has 0 bridgehead atoms. The Kier molecular flexibility index (Phi) is 4.79. The van der Waals surface area contributed by atoms with Crippen LogP contribution in [0.5, 0.6) is 5.75 Å². The zero-order chi connectivity index (χ0) is 12.0. The highest BCUT2D eigenvalue weighted by molar-refractivity contribution is 5.70. The molecular weight excluding hydrogens is 206 g/mol. The number of carbonyl (C=O) groups is 1. The molecule has 0 radical (unpaired) electrons. The highest BCUT2D eigenvalue weighted by Crippen LogP contribution is 2.19. The third kappa shape index (κ3) is 3.55. The van der Waals surface area contributed by atoms with Gasteiger partial charge in [0.1, 0.15) is 5.75 Å². The second kappa shape index (κ2) is 6.12. The number of carbonyl (C=O) groups excluding carboxylic acids is 1. The Balaban J connectivity index is 2.73. The molecule has 0 aliphatic carbocycles. The van der Waals surface area contributed by atoms with Crippen LogP contribution in [-0.4, -0.2) is 26.7 Å². The van der Waals surface area contributed by atoms with Gasteiger partial charge in [-0.2, -0.15) is 0 Å². The van der Waals surface area contributed by atoms with Crippen LogP contribution < -0.4 is 10.1 Å². The molecule has 1 N–H and O–H groups in total. The number of esters is 1. The summed E-state index contributed by atoms with van der Waals surface area (Å²) in [5, 5.41) is 3.06. The SMILES string of the molecule is CNCc1cc(C)ccc1OCC(=O)OC. The molecule has 0 aliphatic rings. The predicted octanol–water partition coefficient (Wildman–Crippen LogP) is 1.27. The lowest BCUT2D eigenvalue weighted by Gasteiger charge is -2.11. The van der Waals surface area contributed by atoms with Gasteiger partial charge in [0.05, 0.1) is 7.11 Å². The van der Waals surface area contributed by atoms with Crippen LogP contribution in [0.3, 0.4) is 0 Å². The average Bonchev–Trinajstić information content (AvgIpc) is 2.28. The van der Waals surface area contributed by atoms with Gasteiger partial charge in [-0.3, -0.25) is 0 Å². The van der Waals surface area contributed by atoms with Gasteiger partial charge in [0.15, 0.2) is 6.61 Å². The van der Waals surface area contributed by atoms with E-state index in [0.717, 1.165) is 11.1 Å². The molecule has 88 valence electrons. The summed E-state index contributed by atoms with van der Waals surface area (Å²) < 4.78 is 9.90. The Morgan fingerprint density at radius 1 is 1.44 bits per heavy atom. The Hall–Kier alpha value is -1.55. The van der Waals surface area contributed by atoms with E-state index >= 15 is 0 Å². The van der Waals surface area contributed by atoms with Crippen molar-refractivity contribution >= 4 is 5.97 Å². The summed E-state index contributed by atoms with van der Waals surface area (Å²) in [4.78, 5) is 11.0. The summed E-state index contributed by atoms with van der Waals surface area (Å²) in [7, 11) is 3.21. The molecule has 0 spiro atoms. The molecule has 16 heavy (non-hydrogen) atoms. The van der Waals surface area contributed by atoms with E-state index in [1.807, 2.05) is 32.2 Å². The zero-order valence-electron chi connectivity index (χ0n) is 9.87. The fraction of sp³-hybridized carbons (Fsp3) is 0.417. The first-order valence-corrected chi connectivity index (χ1v) is 5.11. The fourth-order valence-corrected chi connectivity index (χ4v) is 1.37. The van der Waals surface area contributed by atoms with Crippen LogP contribution in [0.15, 0.2) is 18.2 Å². The Morgan fingerprint density at radius 2 is 2.19 bits per heavy atom. The minimum Gasteiger partial charge on any atom is -0.482 e. The monoisotopic (exact) mass is 223 g/mol. The van der Waals surface area contributed by atoms with Crippen LogP contribution in [0.2, 0.25) is 0 Å². The first kappa shape index (κ1) is 12.5. The van der Waals surface area contributed by atoms with Crippen LogP contribution >= 0.6 is 0 Å². The third-order valence-corrected chi connectivity index (χ3v) is 2.16. The van der Waals surface area contributed by atoms with Gasteiger partial charge in [0.25, 0.3) is 0 Å². The van der Waals surface area contributed by atoms with Gasteiger partial charge in [-0.05, 0) is 20.0 Å². The number of nitrogens with one attached hydrogen (secondary N) is 1. The van der Waals surface area contributed by atoms with E-state index < -0.39 is 0 Å². The zero-order valence-corrected chi connectivity index (χ0v) is 9.87. The summed E-state index contributed by atoms with van der Waals surface area (Å²) in [6, 6.07) is 5.85. The lowest BCUT2D eigenvalue weighted by Crippen LogP contribution is -2.14. The van der Waals surface area contributed by atoms with Crippen molar-refractivity contribution < 1.29 is 14.3 Å². The Labute approximate surface area is 95.6 Å². The van der Waals surface area contributed by atoms with Crippen LogP contribution in [0.1, 0.15) is 11.1 Å². The number of ether oxygens (including phenoxy) is 2. The fourth-order valence-electron chi connectivity index (χ4n) is 1.37. The molecule has 0 unspecified atom stereocenters. The Morgan fingerprint density at radius 3 is 2.81 bits per heavy atom. The van der Waals surface area contributed by atoms with E-state index in [1.54, 1.807) is 0 Å². The quantitative estimate of drug-likeness (QED) is 0.764. The molecule has 1 aromatic carbocycles. The van der Waals surface area contributed by atoms with Gasteiger partial charge in [0.2, 0.25) is 0 Å².